The second kappa shape index (κ2) is 9.92. The summed E-state index contributed by atoms with van der Waals surface area (Å²) in [4.78, 5) is 0. The van der Waals surface area contributed by atoms with Gasteiger partial charge in [0.25, 0.3) is 0 Å². The molecule has 4 nitrogen and oxygen atoms in total. The number of hydrogen-bond acceptors (Lipinski definition) is 4. The van der Waals surface area contributed by atoms with Crippen molar-refractivity contribution in [1.29, 1.82) is 0 Å². The third-order valence-corrected chi connectivity index (χ3v) is 1.31. The molecule has 0 fully saturated rings. The van der Waals surface area contributed by atoms with Gasteiger partial charge in [0, 0.05) is 6.61 Å². The van der Waals surface area contributed by atoms with Gasteiger partial charge in [0.1, 0.15) is 0 Å². The Kier molecular flexibility index (Phi) is 9.80. The molecule has 0 aromatic heterocycles. The average molecular weight is 192 g/mol. The second-order valence-electron chi connectivity index (χ2n) is 2.69. The summed E-state index contributed by atoms with van der Waals surface area (Å²) in [5.74, 6) is 0. The Hall–Kier alpha value is -0.160. The largest absolute Gasteiger partial charge is 0.379 e. The molecule has 0 aromatic carbocycles. The molecule has 0 bridgehead atoms. The fourth-order valence-corrected chi connectivity index (χ4v) is 0.744. The molecular formula is C9H20O4. The maximum Gasteiger partial charge on any atom is 0.151 e. The Balaban J connectivity index is 2.84. The Bertz CT molecular complexity index is 95.6. The highest BCUT2D eigenvalue weighted by Gasteiger charge is 1.93. The molecule has 1 unspecified atom stereocenters. The van der Waals surface area contributed by atoms with Crippen LogP contribution in [0.3, 0.4) is 0 Å². The van der Waals surface area contributed by atoms with E-state index in [2.05, 4.69) is 6.92 Å². The smallest absolute Gasteiger partial charge is 0.151 e. The van der Waals surface area contributed by atoms with Gasteiger partial charge in [-0.3, -0.25) is 0 Å². The van der Waals surface area contributed by atoms with Crippen LogP contribution in [0.2, 0.25) is 0 Å². The van der Waals surface area contributed by atoms with Gasteiger partial charge in [-0.25, -0.2) is 0 Å². The zero-order chi connectivity index (χ0) is 9.94. The van der Waals surface area contributed by atoms with Crippen molar-refractivity contribution in [3.63, 3.8) is 0 Å². The van der Waals surface area contributed by atoms with Gasteiger partial charge in [0.2, 0.25) is 0 Å². The molecule has 0 aromatic rings. The van der Waals surface area contributed by atoms with Crippen molar-refractivity contribution in [1.82, 2.24) is 0 Å². The van der Waals surface area contributed by atoms with Crippen LogP contribution >= 0.6 is 0 Å². The van der Waals surface area contributed by atoms with Crippen molar-refractivity contribution < 1.29 is 19.3 Å². The minimum absolute atomic E-state index is 0.422. The Labute approximate surface area is 79.8 Å². The lowest BCUT2D eigenvalue weighted by Gasteiger charge is -2.07. The summed E-state index contributed by atoms with van der Waals surface area (Å²) in [6.07, 6.45) is 0.324. The first kappa shape index (κ1) is 12.8. The van der Waals surface area contributed by atoms with E-state index in [0.717, 1.165) is 13.0 Å². The number of aliphatic hydroxyl groups is 1. The Morgan fingerprint density at radius 1 is 1.00 bits per heavy atom. The van der Waals surface area contributed by atoms with E-state index < -0.39 is 6.29 Å². The molecule has 0 spiro atoms. The zero-order valence-electron chi connectivity index (χ0n) is 8.49. The molecule has 0 amide bonds. The Morgan fingerprint density at radius 3 is 2.08 bits per heavy atom. The van der Waals surface area contributed by atoms with Gasteiger partial charge in [-0.1, -0.05) is 6.92 Å². The first-order chi connectivity index (χ1) is 6.27. The van der Waals surface area contributed by atoms with Gasteiger partial charge >= 0.3 is 0 Å². The van der Waals surface area contributed by atoms with Crippen molar-refractivity contribution >= 4 is 0 Å². The van der Waals surface area contributed by atoms with E-state index in [-0.39, 0.29) is 0 Å². The zero-order valence-corrected chi connectivity index (χ0v) is 8.49. The predicted octanol–water partition coefficient (Wildman–Crippen LogP) is 0.784. The van der Waals surface area contributed by atoms with Crippen LogP contribution in [0.5, 0.6) is 0 Å². The highest BCUT2D eigenvalue weighted by Crippen LogP contribution is 1.85. The molecule has 4 heteroatoms. The molecule has 80 valence electrons. The molecule has 0 aliphatic rings. The molecule has 1 N–H and O–H groups in total. The topological polar surface area (TPSA) is 47.9 Å². The lowest BCUT2D eigenvalue weighted by molar-refractivity contribution is -0.101. The molecule has 0 saturated heterocycles. The fraction of sp³-hybridized carbons (Fsp3) is 1.00. The highest BCUT2D eigenvalue weighted by atomic mass is 16.6. The van der Waals surface area contributed by atoms with Gasteiger partial charge in [0.15, 0.2) is 6.29 Å². The van der Waals surface area contributed by atoms with Crippen LogP contribution < -0.4 is 0 Å². The maximum atomic E-state index is 8.72. The molecule has 0 saturated carbocycles. The minimum atomic E-state index is -0.708. The molecule has 0 aliphatic carbocycles. The van der Waals surface area contributed by atoms with Crippen LogP contribution in [0.1, 0.15) is 20.3 Å². The SMILES string of the molecule is CCCOCCOCCOC(C)O. The lowest BCUT2D eigenvalue weighted by atomic mass is 10.5. The molecule has 0 heterocycles. The number of ether oxygens (including phenoxy) is 3. The van der Waals surface area contributed by atoms with Crippen molar-refractivity contribution in [3.8, 4) is 0 Å². The molecular weight excluding hydrogens is 172 g/mol. The summed E-state index contributed by atoms with van der Waals surface area (Å²) in [7, 11) is 0. The first-order valence-electron chi connectivity index (χ1n) is 4.72. The minimum Gasteiger partial charge on any atom is -0.379 e. The number of rotatable bonds is 9. The van der Waals surface area contributed by atoms with Crippen molar-refractivity contribution in [2.75, 3.05) is 33.0 Å². The summed E-state index contributed by atoms with van der Waals surface area (Å²) in [6, 6.07) is 0. The van der Waals surface area contributed by atoms with E-state index in [0.29, 0.717) is 26.4 Å². The van der Waals surface area contributed by atoms with E-state index in [1.807, 2.05) is 0 Å². The van der Waals surface area contributed by atoms with E-state index >= 15 is 0 Å². The van der Waals surface area contributed by atoms with Crippen molar-refractivity contribution in [3.05, 3.63) is 0 Å². The van der Waals surface area contributed by atoms with Gasteiger partial charge in [-0.05, 0) is 13.3 Å². The summed E-state index contributed by atoms with van der Waals surface area (Å²) in [6.45, 7) is 6.56. The van der Waals surface area contributed by atoms with Crippen LogP contribution in [0.15, 0.2) is 0 Å². The van der Waals surface area contributed by atoms with E-state index in [1.165, 1.54) is 0 Å². The van der Waals surface area contributed by atoms with Crippen LogP contribution in [-0.4, -0.2) is 44.4 Å². The van der Waals surface area contributed by atoms with Crippen LogP contribution in [0.4, 0.5) is 0 Å². The maximum absolute atomic E-state index is 8.72. The second-order valence-corrected chi connectivity index (χ2v) is 2.69. The van der Waals surface area contributed by atoms with E-state index in [4.69, 9.17) is 19.3 Å². The monoisotopic (exact) mass is 192 g/mol. The first-order valence-corrected chi connectivity index (χ1v) is 4.72. The lowest BCUT2D eigenvalue weighted by Crippen LogP contribution is -2.13. The predicted molar refractivity (Wildman–Crippen MR) is 49.6 cm³/mol. The van der Waals surface area contributed by atoms with Gasteiger partial charge in [0.05, 0.1) is 26.4 Å². The molecule has 0 radical (unpaired) electrons. The molecule has 1 atom stereocenters. The quantitative estimate of drug-likeness (QED) is 0.433. The van der Waals surface area contributed by atoms with Crippen LogP contribution in [0, 0.1) is 0 Å². The van der Waals surface area contributed by atoms with Gasteiger partial charge in [-0.2, -0.15) is 0 Å². The molecule has 13 heavy (non-hydrogen) atoms. The van der Waals surface area contributed by atoms with E-state index in [1.54, 1.807) is 6.92 Å². The standard InChI is InChI=1S/C9H20O4/c1-3-4-11-5-6-12-7-8-13-9(2)10/h9-10H,3-8H2,1-2H3. The van der Waals surface area contributed by atoms with Gasteiger partial charge < -0.3 is 19.3 Å². The number of hydrogen-bond donors (Lipinski definition) is 1. The molecule has 0 aliphatic heterocycles. The Morgan fingerprint density at radius 2 is 1.54 bits per heavy atom. The summed E-state index contributed by atoms with van der Waals surface area (Å²) in [5, 5.41) is 8.72. The normalized spacial score (nSPS) is 13.2. The van der Waals surface area contributed by atoms with Crippen molar-refractivity contribution in [2.24, 2.45) is 0 Å². The summed E-state index contributed by atoms with van der Waals surface area (Å²) >= 11 is 0. The van der Waals surface area contributed by atoms with Crippen LogP contribution in [-0.2, 0) is 14.2 Å². The summed E-state index contributed by atoms with van der Waals surface area (Å²) in [5.41, 5.74) is 0. The van der Waals surface area contributed by atoms with Gasteiger partial charge in [-0.15, -0.1) is 0 Å². The third-order valence-electron chi connectivity index (χ3n) is 1.31. The number of aliphatic hydroxyl groups excluding tert-OH is 1. The van der Waals surface area contributed by atoms with Crippen molar-refractivity contribution in [2.45, 2.75) is 26.6 Å². The molecule has 0 rings (SSSR count). The van der Waals surface area contributed by atoms with E-state index in [9.17, 15) is 0 Å². The van der Waals surface area contributed by atoms with Crippen LogP contribution in [0.25, 0.3) is 0 Å². The highest BCUT2D eigenvalue weighted by molar-refractivity contribution is 4.33. The summed E-state index contributed by atoms with van der Waals surface area (Å²) < 4.78 is 15.2. The third kappa shape index (κ3) is 11.8. The fourth-order valence-electron chi connectivity index (χ4n) is 0.744. The average Bonchev–Trinajstić information content (AvgIpc) is 2.09.